The van der Waals surface area contributed by atoms with Gasteiger partial charge in [0.2, 0.25) is 0 Å². The quantitative estimate of drug-likeness (QED) is 0.581. The van der Waals surface area contributed by atoms with Crippen LogP contribution in [0.3, 0.4) is 0 Å². The molecule has 79 valence electrons. The van der Waals surface area contributed by atoms with Crippen LogP contribution in [0.5, 0.6) is 0 Å². The van der Waals surface area contributed by atoms with Crippen LogP contribution < -0.4 is 0 Å². The van der Waals surface area contributed by atoms with Crippen molar-refractivity contribution in [3.05, 3.63) is 71.8 Å². The molecule has 0 saturated carbocycles. The van der Waals surface area contributed by atoms with Crippen LogP contribution in [-0.4, -0.2) is 5.78 Å². The summed E-state index contributed by atoms with van der Waals surface area (Å²) in [5.41, 5.74) is 1.47. The minimum atomic E-state index is 0.0752. The summed E-state index contributed by atoms with van der Waals surface area (Å²) >= 11 is 0. The van der Waals surface area contributed by atoms with E-state index >= 15 is 0 Å². The van der Waals surface area contributed by atoms with Gasteiger partial charge in [0.15, 0.2) is 5.78 Å². The first-order valence-corrected chi connectivity index (χ1v) is 5.07. The van der Waals surface area contributed by atoms with Crippen molar-refractivity contribution in [3.63, 3.8) is 0 Å². The van der Waals surface area contributed by atoms with Crippen LogP contribution in [-0.2, 0) is 4.57 Å². The molecule has 0 heterocycles. The fourth-order valence-electron chi connectivity index (χ4n) is 1.35. The molecule has 0 saturated heterocycles. The summed E-state index contributed by atoms with van der Waals surface area (Å²) in [5, 5.41) is 0. The van der Waals surface area contributed by atoms with Gasteiger partial charge in [-0.3, -0.25) is 9.36 Å². The Labute approximate surface area is 96.6 Å². The molecule has 0 aliphatic carbocycles. The largest absolute Gasteiger partial charge is 0.289 e. The first-order valence-electron chi connectivity index (χ1n) is 4.71. The van der Waals surface area contributed by atoms with E-state index in [2.05, 4.69) is 9.12 Å². The predicted molar refractivity (Wildman–Crippen MR) is 63.9 cm³/mol. The van der Waals surface area contributed by atoms with Gasteiger partial charge in [0, 0.05) is 11.1 Å². The molecule has 2 aromatic carbocycles. The Morgan fingerprint density at radius 3 is 1.31 bits per heavy atom. The molecule has 0 N–H and O–H groups in total. The molecule has 0 bridgehead atoms. The average Bonchev–Trinajstić information content (AvgIpc) is 2.42. The minimum absolute atomic E-state index is 0.0752. The number of rotatable bonds is 2. The van der Waals surface area contributed by atoms with Crippen molar-refractivity contribution < 1.29 is 9.36 Å². The molecule has 0 aromatic heterocycles. The van der Waals surface area contributed by atoms with Crippen LogP contribution in [0, 0.1) is 0 Å². The van der Waals surface area contributed by atoms with E-state index in [1.807, 2.05) is 60.7 Å². The molecule has 2 nitrogen and oxygen atoms in total. The highest BCUT2D eigenvalue weighted by Gasteiger charge is 2.06. The van der Waals surface area contributed by atoms with Gasteiger partial charge in [0.05, 0.1) is 0 Å². The molecule has 1 radical (unpaired) electrons. The van der Waals surface area contributed by atoms with Gasteiger partial charge in [-0.05, 0) is 0 Å². The van der Waals surface area contributed by atoms with Crippen LogP contribution in [0.1, 0.15) is 15.9 Å². The van der Waals surface area contributed by atoms with Crippen molar-refractivity contribution in [3.8, 4) is 0 Å². The smallest absolute Gasteiger partial charge is 0.261 e. The lowest BCUT2D eigenvalue weighted by atomic mass is 10.0. The Balaban J connectivity index is 0.000000606. The Morgan fingerprint density at radius 2 is 1.00 bits per heavy atom. The van der Waals surface area contributed by atoms with Crippen LogP contribution in [0.2, 0.25) is 0 Å². The normalized spacial score (nSPS) is 8.75. The van der Waals surface area contributed by atoms with Crippen molar-refractivity contribution in [1.82, 2.24) is 0 Å². The Bertz CT molecular complexity index is 399. The summed E-state index contributed by atoms with van der Waals surface area (Å²) in [6.45, 7) is 0. The summed E-state index contributed by atoms with van der Waals surface area (Å²) < 4.78 is 7.94. The molecule has 16 heavy (non-hydrogen) atoms. The van der Waals surface area contributed by atoms with Gasteiger partial charge in [0.25, 0.3) is 9.12 Å². The van der Waals surface area contributed by atoms with Crippen molar-refractivity contribution in [2.75, 3.05) is 0 Å². The minimum Gasteiger partial charge on any atom is -0.289 e. The van der Waals surface area contributed by atoms with Gasteiger partial charge in [0.1, 0.15) is 0 Å². The van der Waals surface area contributed by atoms with E-state index in [0.717, 1.165) is 11.1 Å². The van der Waals surface area contributed by atoms with Crippen LogP contribution in [0.15, 0.2) is 60.7 Å². The third-order valence-electron chi connectivity index (χ3n) is 2.07. The van der Waals surface area contributed by atoms with E-state index in [0.29, 0.717) is 0 Å². The van der Waals surface area contributed by atoms with E-state index in [1.54, 1.807) is 0 Å². The summed E-state index contributed by atoms with van der Waals surface area (Å²) in [6.07, 6.45) is 0. The van der Waals surface area contributed by atoms with Gasteiger partial charge in [-0.25, -0.2) is 0 Å². The molecule has 2 aromatic rings. The molecule has 0 unspecified atom stereocenters. The molecule has 0 aliphatic rings. The van der Waals surface area contributed by atoms with Crippen LogP contribution >= 0.6 is 9.12 Å². The number of ketones is 1. The van der Waals surface area contributed by atoms with E-state index in [1.165, 1.54) is 0 Å². The highest BCUT2D eigenvalue weighted by Crippen LogP contribution is 2.08. The summed E-state index contributed by atoms with van der Waals surface area (Å²) in [7, 11) is 2.28. The molecule has 0 fully saturated rings. The second-order valence-corrected chi connectivity index (χ2v) is 3.06. The number of benzene rings is 2. The van der Waals surface area contributed by atoms with Gasteiger partial charge in [-0.1, -0.05) is 60.7 Å². The van der Waals surface area contributed by atoms with E-state index in [9.17, 15) is 4.79 Å². The lowest BCUT2D eigenvalue weighted by Gasteiger charge is -1.99. The Morgan fingerprint density at radius 1 is 0.688 bits per heavy atom. The molecular weight excluding hydrogens is 219 g/mol. The van der Waals surface area contributed by atoms with Crippen molar-refractivity contribution in [2.45, 2.75) is 0 Å². The summed E-state index contributed by atoms with van der Waals surface area (Å²) in [5.74, 6) is 0.0752. The monoisotopic (exact) mass is 229 g/mol. The van der Waals surface area contributed by atoms with E-state index in [4.69, 9.17) is 4.57 Å². The first kappa shape index (κ1) is 12.3. The second kappa shape index (κ2) is 6.65. The van der Waals surface area contributed by atoms with Crippen LogP contribution in [0.25, 0.3) is 0 Å². The van der Waals surface area contributed by atoms with Crippen LogP contribution in [0.4, 0.5) is 0 Å². The predicted octanol–water partition coefficient (Wildman–Crippen LogP) is 3.66. The molecule has 0 aliphatic heterocycles. The molecule has 2 rings (SSSR count). The third kappa shape index (κ3) is 3.11. The zero-order valence-corrected chi connectivity index (χ0v) is 9.43. The fourth-order valence-corrected chi connectivity index (χ4v) is 1.35. The number of carbonyl (C=O) groups is 1. The molecule has 0 atom stereocenters. The maximum absolute atomic E-state index is 11.8. The molecule has 0 amide bonds. The SMILES string of the molecule is O=C(c1ccccc1)c1ccccc1.O=[P]. The highest BCUT2D eigenvalue weighted by molar-refractivity contribution is 7.00. The maximum Gasteiger partial charge on any atom is 0.261 e. The molecule has 3 heteroatoms. The summed E-state index contributed by atoms with van der Waals surface area (Å²) in [4.78, 5) is 11.8. The fraction of sp³-hybridized carbons (Fsp3) is 0. The maximum atomic E-state index is 11.8. The van der Waals surface area contributed by atoms with E-state index < -0.39 is 0 Å². The van der Waals surface area contributed by atoms with Crippen molar-refractivity contribution >= 4 is 14.9 Å². The van der Waals surface area contributed by atoms with Gasteiger partial charge in [-0.2, -0.15) is 0 Å². The summed E-state index contributed by atoms with van der Waals surface area (Å²) in [6, 6.07) is 18.6. The van der Waals surface area contributed by atoms with Crippen molar-refractivity contribution in [2.24, 2.45) is 0 Å². The lowest BCUT2D eigenvalue weighted by Crippen LogP contribution is -1.99. The van der Waals surface area contributed by atoms with Gasteiger partial charge in [-0.15, -0.1) is 0 Å². The first-order chi connectivity index (χ1) is 7.88. The Hall–Kier alpha value is -1.79. The third-order valence-corrected chi connectivity index (χ3v) is 2.07. The standard InChI is InChI=1S/C13H10O.OP/c14-13(11-7-3-1-4-8-11)12-9-5-2-6-10-12;1-2/h1-10H;. The average molecular weight is 229 g/mol. The number of hydrogen-bond acceptors (Lipinski definition) is 2. The topological polar surface area (TPSA) is 34.1 Å². The van der Waals surface area contributed by atoms with Crippen molar-refractivity contribution in [1.29, 1.82) is 0 Å². The van der Waals surface area contributed by atoms with Gasteiger partial charge < -0.3 is 0 Å². The second-order valence-electron chi connectivity index (χ2n) is 3.06. The highest BCUT2D eigenvalue weighted by atomic mass is 31.0. The number of carbonyl (C=O) groups excluding carboxylic acids is 1. The van der Waals surface area contributed by atoms with Gasteiger partial charge >= 0.3 is 0 Å². The lowest BCUT2D eigenvalue weighted by molar-refractivity contribution is 0.103. The zero-order chi connectivity index (χ0) is 11.8. The molecule has 0 spiro atoms. The zero-order valence-electron chi connectivity index (χ0n) is 8.54. The van der Waals surface area contributed by atoms with E-state index in [-0.39, 0.29) is 5.78 Å². The molecular formula is C13H10O2P. The number of hydrogen-bond donors (Lipinski definition) is 0. The Kier molecular flexibility index (Phi) is 5.10.